The van der Waals surface area contributed by atoms with E-state index in [9.17, 15) is 4.79 Å². The summed E-state index contributed by atoms with van der Waals surface area (Å²) >= 11 is 1.72. The zero-order valence-electron chi connectivity index (χ0n) is 12.5. The third-order valence-corrected chi connectivity index (χ3v) is 5.66. The van der Waals surface area contributed by atoms with Crippen LogP contribution in [0.3, 0.4) is 0 Å². The fourth-order valence-corrected chi connectivity index (χ4v) is 4.37. The fourth-order valence-electron chi connectivity index (χ4n) is 3.20. The van der Waals surface area contributed by atoms with E-state index < -0.39 is 0 Å². The molecule has 0 saturated carbocycles. The molecule has 1 amide bonds. The maximum absolute atomic E-state index is 12.3. The highest BCUT2D eigenvalue weighted by atomic mass is 35.5. The van der Waals surface area contributed by atoms with Crippen LogP contribution in [0.1, 0.15) is 52.2 Å². The lowest BCUT2D eigenvalue weighted by Crippen LogP contribution is -2.37. The van der Waals surface area contributed by atoms with E-state index >= 15 is 0 Å². The number of fused-ring (bicyclic) bond motifs is 1. The molecule has 2 aliphatic rings. The van der Waals surface area contributed by atoms with Crippen LogP contribution in [0.25, 0.3) is 0 Å². The van der Waals surface area contributed by atoms with Crippen molar-refractivity contribution in [1.29, 1.82) is 0 Å². The first kappa shape index (κ1) is 16.8. The standard InChI is InChI=1S/C16H24N2OS.ClH/c19-16(18-11-12-5-4-8-17-10-12)15-9-13-6-2-1-3-7-14(13)20-15;/h9,12,17H,1-8,10-11H2,(H,18,19);1H. The summed E-state index contributed by atoms with van der Waals surface area (Å²) < 4.78 is 0. The van der Waals surface area contributed by atoms with Crippen LogP contribution in [0.2, 0.25) is 0 Å². The summed E-state index contributed by atoms with van der Waals surface area (Å²) in [7, 11) is 0. The fraction of sp³-hybridized carbons (Fsp3) is 0.688. The number of amides is 1. The Morgan fingerprint density at radius 1 is 1.29 bits per heavy atom. The highest BCUT2D eigenvalue weighted by Crippen LogP contribution is 2.28. The zero-order chi connectivity index (χ0) is 13.8. The molecule has 1 aromatic rings. The number of hydrogen-bond donors (Lipinski definition) is 2. The Balaban J connectivity index is 0.00000161. The third kappa shape index (κ3) is 4.44. The summed E-state index contributed by atoms with van der Waals surface area (Å²) in [6.45, 7) is 2.98. The van der Waals surface area contributed by atoms with E-state index in [-0.39, 0.29) is 18.3 Å². The summed E-state index contributed by atoms with van der Waals surface area (Å²) in [6.07, 6.45) is 8.67. The Hall–Kier alpha value is -0.580. The van der Waals surface area contributed by atoms with Crippen LogP contribution < -0.4 is 10.6 Å². The number of rotatable bonds is 3. The Morgan fingerprint density at radius 3 is 2.95 bits per heavy atom. The lowest BCUT2D eigenvalue weighted by Gasteiger charge is -2.22. The second-order valence-corrected chi connectivity index (χ2v) is 7.18. The topological polar surface area (TPSA) is 41.1 Å². The van der Waals surface area contributed by atoms with Crippen LogP contribution in [-0.4, -0.2) is 25.5 Å². The molecule has 0 bridgehead atoms. The second kappa shape index (κ2) is 8.16. The Kier molecular flexibility index (Phi) is 6.52. The van der Waals surface area contributed by atoms with E-state index in [1.54, 1.807) is 11.3 Å². The molecule has 0 spiro atoms. The van der Waals surface area contributed by atoms with Crippen molar-refractivity contribution in [3.63, 3.8) is 0 Å². The molecule has 21 heavy (non-hydrogen) atoms. The molecule has 1 aromatic heterocycles. The molecule has 0 aromatic carbocycles. The average Bonchev–Trinajstić information content (AvgIpc) is 2.77. The van der Waals surface area contributed by atoms with Crippen molar-refractivity contribution < 1.29 is 4.79 Å². The lowest BCUT2D eigenvalue weighted by molar-refractivity contribution is 0.0949. The van der Waals surface area contributed by atoms with Gasteiger partial charge in [-0.1, -0.05) is 6.42 Å². The molecule has 2 N–H and O–H groups in total. The first-order valence-electron chi connectivity index (χ1n) is 7.93. The summed E-state index contributed by atoms with van der Waals surface area (Å²) in [5.74, 6) is 0.735. The number of carbonyl (C=O) groups excluding carboxylic acids is 1. The third-order valence-electron chi connectivity index (χ3n) is 4.42. The predicted molar refractivity (Wildman–Crippen MR) is 90.8 cm³/mol. The number of halogens is 1. The van der Waals surface area contributed by atoms with Crippen LogP contribution in [0.5, 0.6) is 0 Å². The number of carbonyl (C=O) groups is 1. The van der Waals surface area contributed by atoms with Gasteiger partial charge in [0.2, 0.25) is 0 Å². The van der Waals surface area contributed by atoms with Gasteiger partial charge < -0.3 is 10.6 Å². The smallest absolute Gasteiger partial charge is 0.261 e. The van der Waals surface area contributed by atoms with Gasteiger partial charge in [0.15, 0.2) is 0 Å². The van der Waals surface area contributed by atoms with Gasteiger partial charge in [0.05, 0.1) is 4.88 Å². The molecule has 1 unspecified atom stereocenters. The van der Waals surface area contributed by atoms with Crippen LogP contribution in [0.4, 0.5) is 0 Å². The molecule has 1 aliphatic heterocycles. The van der Waals surface area contributed by atoms with E-state index in [4.69, 9.17) is 0 Å². The predicted octanol–water partition coefficient (Wildman–Crippen LogP) is 3.17. The molecule has 3 nitrogen and oxygen atoms in total. The number of hydrogen-bond acceptors (Lipinski definition) is 3. The van der Waals surface area contributed by atoms with Crippen LogP contribution in [-0.2, 0) is 12.8 Å². The maximum Gasteiger partial charge on any atom is 0.261 e. The van der Waals surface area contributed by atoms with Crippen molar-refractivity contribution in [2.75, 3.05) is 19.6 Å². The molecule has 5 heteroatoms. The highest BCUT2D eigenvalue weighted by molar-refractivity contribution is 7.14. The maximum atomic E-state index is 12.3. The molecule has 1 saturated heterocycles. The molecular weight excluding hydrogens is 304 g/mol. The first-order chi connectivity index (χ1) is 9.83. The van der Waals surface area contributed by atoms with Crippen molar-refractivity contribution >= 4 is 29.7 Å². The SMILES string of the molecule is Cl.O=C(NCC1CCCNC1)c1cc2c(s1)CCCCC2. The van der Waals surface area contributed by atoms with E-state index in [2.05, 4.69) is 16.7 Å². The Morgan fingerprint density at radius 2 is 2.14 bits per heavy atom. The van der Waals surface area contributed by atoms with Gasteiger partial charge in [-0.25, -0.2) is 0 Å². The van der Waals surface area contributed by atoms with Gasteiger partial charge in [-0.05, 0) is 69.2 Å². The molecule has 2 heterocycles. The van der Waals surface area contributed by atoms with Crippen molar-refractivity contribution in [3.8, 4) is 0 Å². The molecule has 0 radical (unpaired) electrons. The van der Waals surface area contributed by atoms with E-state index in [1.807, 2.05) is 0 Å². The van der Waals surface area contributed by atoms with Gasteiger partial charge in [-0.15, -0.1) is 23.7 Å². The second-order valence-electron chi connectivity index (χ2n) is 6.04. The summed E-state index contributed by atoms with van der Waals surface area (Å²) in [5.41, 5.74) is 1.43. The lowest BCUT2D eigenvalue weighted by atomic mass is 10.00. The van der Waals surface area contributed by atoms with E-state index in [0.29, 0.717) is 5.92 Å². The van der Waals surface area contributed by atoms with Gasteiger partial charge in [-0.2, -0.15) is 0 Å². The van der Waals surface area contributed by atoms with Gasteiger partial charge >= 0.3 is 0 Å². The molecule has 3 rings (SSSR count). The molecular formula is C16H25ClN2OS. The number of piperidine rings is 1. The molecule has 1 aliphatic carbocycles. The first-order valence-corrected chi connectivity index (χ1v) is 8.75. The van der Waals surface area contributed by atoms with E-state index in [0.717, 1.165) is 30.9 Å². The molecule has 118 valence electrons. The number of nitrogens with one attached hydrogen (secondary N) is 2. The minimum Gasteiger partial charge on any atom is -0.351 e. The van der Waals surface area contributed by atoms with Crippen molar-refractivity contribution in [3.05, 3.63) is 21.4 Å². The summed E-state index contributed by atoms with van der Waals surface area (Å²) in [5, 5.41) is 6.52. The zero-order valence-corrected chi connectivity index (χ0v) is 14.1. The highest BCUT2D eigenvalue weighted by Gasteiger charge is 2.18. The Labute approximate surface area is 137 Å². The van der Waals surface area contributed by atoms with Crippen molar-refractivity contribution in [2.45, 2.75) is 44.9 Å². The van der Waals surface area contributed by atoms with Gasteiger partial charge in [0.1, 0.15) is 0 Å². The minimum atomic E-state index is 0. The quantitative estimate of drug-likeness (QED) is 0.837. The Bertz CT molecular complexity index is 445. The molecule has 1 fully saturated rings. The summed E-state index contributed by atoms with van der Waals surface area (Å²) in [4.78, 5) is 14.6. The molecule has 1 atom stereocenters. The van der Waals surface area contributed by atoms with Crippen molar-refractivity contribution in [2.24, 2.45) is 5.92 Å². The number of aryl methyl sites for hydroxylation is 2. The number of thiophene rings is 1. The normalized spacial score (nSPS) is 21.8. The largest absolute Gasteiger partial charge is 0.351 e. The van der Waals surface area contributed by atoms with Crippen LogP contribution in [0.15, 0.2) is 6.07 Å². The summed E-state index contributed by atoms with van der Waals surface area (Å²) in [6, 6.07) is 2.14. The van der Waals surface area contributed by atoms with Crippen molar-refractivity contribution in [1.82, 2.24) is 10.6 Å². The minimum absolute atomic E-state index is 0. The van der Waals surface area contributed by atoms with Crippen LogP contribution in [0, 0.1) is 5.92 Å². The average molecular weight is 329 g/mol. The van der Waals surface area contributed by atoms with Gasteiger partial charge in [0.25, 0.3) is 5.91 Å². The van der Waals surface area contributed by atoms with Crippen LogP contribution >= 0.6 is 23.7 Å². The van der Waals surface area contributed by atoms with E-state index in [1.165, 1.54) is 49.0 Å². The van der Waals surface area contributed by atoms with Gasteiger partial charge in [0, 0.05) is 11.4 Å². The van der Waals surface area contributed by atoms with Gasteiger partial charge in [-0.3, -0.25) is 4.79 Å². The monoisotopic (exact) mass is 328 g/mol.